The van der Waals surface area contributed by atoms with Gasteiger partial charge in [0.15, 0.2) is 0 Å². The third-order valence-corrected chi connectivity index (χ3v) is 8.05. The van der Waals surface area contributed by atoms with Crippen LogP contribution in [0.25, 0.3) is 10.8 Å². The number of nitrogens with one attached hydrogen (secondary N) is 1. The van der Waals surface area contributed by atoms with Crippen LogP contribution >= 0.6 is 0 Å². The van der Waals surface area contributed by atoms with E-state index in [1.165, 1.54) is 11.6 Å². The monoisotopic (exact) mass is 496 g/mol. The van der Waals surface area contributed by atoms with Gasteiger partial charge in [-0.15, -0.1) is 0 Å². The molecule has 35 heavy (non-hydrogen) atoms. The molecule has 186 valence electrons. The Labute approximate surface area is 207 Å². The molecule has 0 heterocycles. The van der Waals surface area contributed by atoms with Crippen molar-refractivity contribution in [2.24, 2.45) is 17.0 Å². The fourth-order valence-corrected chi connectivity index (χ4v) is 5.91. The third kappa shape index (κ3) is 6.27. The topological polar surface area (TPSA) is 89.3 Å². The third-order valence-electron chi connectivity index (χ3n) is 7.53. The molecular formula is C28H33FN2O3S. The van der Waals surface area contributed by atoms with Crippen LogP contribution in [-0.4, -0.2) is 14.2 Å². The Morgan fingerprint density at radius 3 is 2.37 bits per heavy atom. The van der Waals surface area contributed by atoms with Gasteiger partial charge in [-0.05, 0) is 103 Å². The lowest BCUT2D eigenvalue weighted by atomic mass is 9.72. The molecule has 0 unspecified atom stereocenters. The fourth-order valence-electron chi connectivity index (χ4n) is 5.44. The molecule has 5 nitrogen and oxygen atoms in total. The normalized spacial score (nSPS) is 19.4. The standard InChI is InChI=1S/C28H33FN2O3S/c1-18-3-14-26(27-17-23(29)11-15-25(18)27)22-9-7-21(8-10-22)19(2)28(32)16-6-20-4-12-24(13-5-20)31-35(30,33)34/h3-5,11-15,17,19,21-22,31H,6-10,16H2,1-2H3,(H2,30,33,34)/t19-,21?,22?/m0/s1. The van der Waals surface area contributed by atoms with Crippen molar-refractivity contribution < 1.29 is 17.6 Å². The number of halogens is 1. The predicted molar refractivity (Wildman–Crippen MR) is 139 cm³/mol. The smallest absolute Gasteiger partial charge is 0.296 e. The van der Waals surface area contributed by atoms with E-state index in [0.717, 1.165) is 47.6 Å². The summed E-state index contributed by atoms with van der Waals surface area (Å²) in [6.45, 7) is 4.10. The first-order valence-electron chi connectivity index (χ1n) is 12.2. The number of anilines is 1. The molecule has 0 spiro atoms. The molecule has 1 aliphatic rings. The van der Waals surface area contributed by atoms with Crippen LogP contribution in [0.15, 0.2) is 54.6 Å². The summed E-state index contributed by atoms with van der Waals surface area (Å²) in [5.41, 5.74) is 3.76. The minimum Gasteiger partial charge on any atom is -0.299 e. The predicted octanol–water partition coefficient (Wildman–Crippen LogP) is 6.01. The second-order valence-corrected chi connectivity index (χ2v) is 11.2. The molecule has 0 radical (unpaired) electrons. The summed E-state index contributed by atoms with van der Waals surface area (Å²) in [4.78, 5) is 12.9. The van der Waals surface area contributed by atoms with Crippen LogP contribution in [0.2, 0.25) is 0 Å². The van der Waals surface area contributed by atoms with Gasteiger partial charge in [-0.3, -0.25) is 9.52 Å². The number of rotatable bonds is 8. The van der Waals surface area contributed by atoms with Crippen molar-refractivity contribution in [3.8, 4) is 0 Å². The molecule has 4 rings (SSSR count). The molecule has 0 amide bonds. The minimum atomic E-state index is -3.80. The maximum Gasteiger partial charge on any atom is 0.296 e. The van der Waals surface area contributed by atoms with Crippen LogP contribution < -0.4 is 9.86 Å². The average molecular weight is 497 g/mol. The van der Waals surface area contributed by atoms with Gasteiger partial charge < -0.3 is 0 Å². The van der Waals surface area contributed by atoms with Gasteiger partial charge in [-0.25, -0.2) is 9.53 Å². The number of benzene rings is 3. The van der Waals surface area contributed by atoms with Crippen LogP contribution in [0.3, 0.4) is 0 Å². The summed E-state index contributed by atoms with van der Waals surface area (Å²) < 4.78 is 38.4. The number of fused-ring (bicyclic) bond motifs is 1. The number of carbonyl (C=O) groups excluding carboxylic acids is 1. The fraction of sp³-hybridized carbons (Fsp3) is 0.393. The zero-order chi connectivity index (χ0) is 25.2. The second-order valence-electron chi connectivity index (χ2n) is 9.87. The SMILES string of the molecule is Cc1ccc(C2CCC([C@H](C)C(=O)CCc3ccc(NS(N)(=O)=O)cc3)CC2)c2cc(F)ccc12. The van der Waals surface area contributed by atoms with Crippen LogP contribution in [0.5, 0.6) is 0 Å². The molecule has 1 atom stereocenters. The highest BCUT2D eigenvalue weighted by Gasteiger charge is 2.30. The van der Waals surface area contributed by atoms with Crippen molar-refractivity contribution in [2.75, 3.05) is 4.72 Å². The number of Topliss-reactive ketones (excluding diaryl/α,β-unsaturated/α-hetero) is 1. The van der Waals surface area contributed by atoms with Crippen molar-refractivity contribution in [2.45, 2.75) is 58.3 Å². The van der Waals surface area contributed by atoms with E-state index in [1.54, 1.807) is 18.2 Å². The van der Waals surface area contributed by atoms with Crippen molar-refractivity contribution in [3.05, 3.63) is 77.1 Å². The van der Waals surface area contributed by atoms with Crippen LogP contribution in [0.1, 0.15) is 61.6 Å². The molecule has 0 bridgehead atoms. The Balaban J connectivity index is 1.32. The molecule has 1 fully saturated rings. The van der Waals surface area contributed by atoms with E-state index >= 15 is 0 Å². The lowest BCUT2D eigenvalue weighted by Gasteiger charge is -2.32. The summed E-state index contributed by atoms with van der Waals surface area (Å²) in [6, 6.07) is 16.3. The largest absolute Gasteiger partial charge is 0.299 e. The van der Waals surface area contributed by atoms with Gasteiger partial charge in [-0.1, -0.05) is 37.3 Å². The van der Waals surface area contributed by atoms with E-state index in [-0.39, 0.29) is 17.5 Å². The Morgan fingerprint density at radius 2 is 1.71 bits per heavy atom. The van der Waals surface area contributed by atoms with Crippen molar-refractivity contribution in [1.29, 1.82) is 0 Å². The van der Waals surface area contributed by atoms with Crippen molar-refractivity contribution >= 4 is 32.5 Å². The van der Waals surface area contributed by atoms with Crippen LogP contribution in [-0.2, 0) is 21.4 Å². The van der Waals surface area contributed by atoms with E-state index in [1.807, 2.05) is 25.1 Å². The van der Waals surface area contributed by atoms with Crippen LogP contribution in [0, 0.1) is 24.6 Å². The molecular weight excluding hydrogens is 463 g/mol. The number of hydrogen-bond donors (Lipinski definition) is 2. The van der Waals surface area contributed by atoms with Crippen molar-refractivity contribution in [1.82, 2.24) is 0 Å². The zero-order valence-electron chi connectivity index (χ0n) is 20.3. The zero-order valence-corrected chi connectivity index (χ0v) is 21.1. The molecule has 3 N–H and O–H groups in total. The molecule has 7 heteroatoms. The van der Waals surface area contributed by atoms with Gasteiger partial charge in [0.1, 0.15) is 11.6 Å². The number of carbonyl (C=O) groups is 1. The summed E-state index contributed by atoms with van der Waals surface area (Å²) in [5.74, 6) is 0.832. The summed E-state index contributed by atoms with van der Waals surface area (Å²) in [7, 11) is -3.80. The molecule has 0 aromatic heterocycles. The molecule has 1 aliphatic carbocycles. The van der Waals surface area contributed by atoms with Gasteiger partial charge in [0, 0.05) is 18.0 Å². The first-order chi connectivity index (χ1) is 16.6. The Bertz CT molecular complexity index is 1310. The highest BCUT2D eigenvalue weighted by atomic mass is 32.2. The van der Waals surface area contributed by atoms with Gasteiger partial charge in [0.05, 0.1) is 0 Å². The first kappa shape index (κ1) is 25.3. The number of ketones is 1. The Hall–Kier alpha value is -2.77. The van der Waals surface area contributed by atoms with E-state index in [0.29, 0.717) is 30.4 Å². The van der Waals surface area contributed by atoms with Crippen molar-refractivity contribution in [3.63, 3.8) is 0 Å². The average Bonchev–Trinajstić information content (AvgIpc) is 2.82. The maximum atomic E-state index is 14.0. The molecule has 0 aliphatic heterocycles. The van der Waals surface area contributed by atoms with E-state index in [4.69, 9.17) is 5.14 Å². The van der Waals surface area contributed by atoms with E-state index in [9.17, 15) is 17.6 Å². The Kier molecular flexibility index (Phi) is 7.57. The van der Waals surface area contributed by atoms with Gasteiger partial charge >= 0.3 is 0 Å². The highest BCUT2D eigenvalue weighted by Crippen LogP contribution is 2.42. The van der Waals surface area contributed by atoms with Gasteiger partial charge in [0.2, 0.25) is 0 Å². The second kappa shape index (κ2) is 10.5. The lowest BCUT2D eigenvalue weighted by Crippen LogP contribution is -2.25. The Morgan fingerprint density at radius 1 is 1.03 bits per heavy atom. The molecule has 0 saturated heterocycles. The van der Waals surface area contributed by atoms with E-state index < -0.39 is 10.2 Å². The first-order valence-corrected chi connectivity index (χ1v) is 13.8. The number of hydrogen-bond acceptors (Lipinski definition) is 3. The molecule has 1 saturated carbocycles. The quantitative estimate of drug-likeness (QED) is 0.400. The maximum absolute atomic E-state index is 14.0. The lowest BCUT2D eigenvalue weighted by molar-refractivity contribution is -0.124. The molecule has 3 aromatic carbocycles. The highest BCUT2D eigenvalue weighted by molar-refractivity contribution is 7.90. The van der Waals surface area contributed by atoms with E-state index in [2.05, 4.69) is 23.8 Å². The summed E-state index contributed by atoms with van der Waals surface area (Å²) >= 11 is 0. The molecule has 3 aromatic rings. The minimum absolute atomic E-state index is 0.00600. The number of nitrogens with two attached hydrogens (primary N) is 1. The van der Waals surface area contributed by atoms with Crippen LogP contribution in [0.4, 0.5) is 10.1 Å². The van der Waals surface area contributed by atoms with Gasteiger partial charge in [-0.2, -0.15) is 8.42 Å². The number of aryl methyl sites for hydroxylation is 2. The summed E-state index contributed by atoms with van der Waals surface area (Å²) in [6.07, 6.45) is 5.09. The van der Waals surface area contributed by atoms with Gasteiger partial charge in [0.25, 0.3) is 10.2 Å². The summed E-state index contributed by atoms with van der Waals surface area (Å²) in [5, 5.41) is 7.12.